The Kier molecular flexibility index (Phi) is 4.47. The van der Waals surface area contributed by atoms with Crippen molar-refractivity contribution in [2.75, 3.05) is 13.6 Å². The number of hydrogen-bond donors (Lipinski definition) is 1. The van der Waals surface area contributed by atoms with Crippen LogP contribution in [0.2, 0.25) is 0 Å². The minimum absolute atomic E-state index is 0.0664. The maximum Gasteiger partial charge on any atom is 0.245 e. The van der Waals surface area contributed by atoms with E-state index in [1.807, 2.05) is 24.1 Å². The minimum Gasteiger partial charge on any atom is -0.357 e. The van der Waals surface area contributed by atoms with Crippen LogP contribution in [0.5, 0.6) is 0 Å². The molecule has 5 heteroatoms. The second kappa shape index (κ2) is 6.78. The number of amides is 2. The molecule has 1 N–H and O–H groups in total. The van der Waals surface area contributed by atoms with E-state index >= 15 is 0 Å². The molecule has 5 nitrogen and oxygen atoms in total. The van der Waals surface area contributed by atoms with Crippen molar-refractivity contribution >= 4 is 22.7 Å². The standard InChI is InChI=1S/C21H27N3O2/c1-14-16-7-3-4-8-17(16)22-18(14)13-23(2)21(26)19-9-5-6-12-24(19)20(25)15-10-11-15/h3-4,7-8,15,19,22H,5-6,9-13H2,1-2H3. The summed E-state index contributed by atoms with van der Waals surface area (Å²) in [5.74, 6) is 0.430. The fraction of sp³-hybridized carbons (Fsp3) is 0.524. The molecule has 4 rings (SSSR count). The fourth-order valence-corrected chi connectivity index (χ4v) is 4.08. The molecule has 0 radical (unpaired) electrons. The number of hydrogen-bond acceptors (Lipinski definition) is 2. The molecular formula is C21H27N3O2. The number of aryl methyl sites for hydroxylation is 1. The minimum atomic E-state index is -0.286. The molecule has 26 heavy (non-hydrogen) atoms. The highest BCUT2D eigenvalue weighted by Gasteiger charge is 2.40. The van der Waals surface area contributed by atoms with E-state index in [2.05, 4.69) is 24.0 Å². The molecule has 0 spiro atoms. The van der Waals surface area contributed by atoms with E-state index in [0.717, 1.165) is 49.9 Å². The van der Waals surface area contributed by atoms with Crippen molar-refractivity contribution in [2.24, 2.45) is 5.92 Å². The lowest BCUT2D eigenvalue weighted by Gasteiger charge is -2.37. The Balaban J connectivity index is 1.50. The summed E-state index contributed by atoms with van der Waals surface area (Å²) in [7, 11) is 1.85. The van der Waals surface area contributed by atoms with Crippen LogP contribution in [-0.2, 0) is 16.1 Å². The SMILES string of the molecule is Cc1c(CN(C)C(=O)C2CCCCN2C(=O)C2CC2)[nH]c2ccccc12. The van der Waals surface area contributed by atoms with Crippen LogP contribution in [-0.4, -0.2) is 46.2 Å². The Morgan fingerprint density at radius 1 is 1.19 bits per heavy atom. The molecule has 138 valence electrons. The average molecular weight is 353 g/mol. The highest BCUT2D eigenvalue weighted by atomic mass is 16.2. The lowest BCUT2D eigenvalue weighted by molar-refractivity contribution is -0.148. The number of nitrogens with one attached hydrogen (secondary N) is 1. The van der Waals surface area contributed by atoms with E-state index in [-0.39, 0.29) is 23.8 Å². The normalized spacial score (nSPS) is 20.4. The Labute approximate surface area is 154 Å². The fourth-order valence-electron chi connectivity index (χ4n) is 4.08. The van der Waals surface area contributed by atoms with Gasteiger partial charge in [0.15, 0.2) is 0 Å². The topological polar surface area (TPSA) is 56.4 Å². The van der Waals surface area contributed by atoms with E-state index in [4.69, 9.17) is 0 Å². The largest absolute Gasteiger partial charge is 0.357 e. The lowest BCUT2D eigenvalue weighted by atomic mass is 10.00. The number of aromatic nitrogens is 1. The number of benzene rings is 1. The van der Waals surface area contributed by atoms with E-state index < -0.39 is 0 Å². The van der Waals surface area contributed by atoms with Gasteiger partial charge in [-0.15, -0.1) is 0 Å². The van der Waals surface area contributed by atoms with Crippen molar-refractivity contribution in [2.45, 2.75) is 51.6 Å². The molecule has 2 amide bonds. The molecule has 2 aromatic rings. The van der Waals surface area contributed by atoms with E-state index in [1.165, 1.54) is 10.9 Å². The number of likely N-dealkylation sites (N-methyl/N-ethyl adjacent to an activating group) is 1. The Morgan fingerprint density at radius 3 is 2.69 bits per heavy atom. The van der Waals surface area contributed by atoms with Gasteiger partial charge in [0.2, 0.25) is 11.8 Å². The van der Waals surface area contributed by atoms with Crippen LogP contribution in [0.15, 0.2) is 24.3 Å². The molecule has 1 saturated carbocycles. The number of piperidine rings is 1. The third-order valence-corrected chi connectivity index (χ3v) is 5.84. The van der Waals surface area contributed by atoms with Gasteiger partial charge >= 0.3 is 0 Å². The zero-order valence-electron chi connectivity index (χ0n) is 15.6. The van der Waals surface area contributed by atoms with Gasteiger partial charge < -0.3 is 14.8 Å². The first kappa shape index (κ1) is 17.1. The third kappa shape index (κ3) is 3.11. The van der Waals surface area contributed by atoms with Gasteiger partial charge in [-0.1, -0.05) is 18.2 Å². The van der Waals surface area contributed by atoms with Crippen molar-refractivity contribution in [3.8, 4) is 0 Å². The summed E-state index contributed by atoms with van der Waals surface area (Å²) in [5.41, 5.74) is 3.36. The number of rotatable bonds is 4. The van der Waals surface area contributed by atoms with Crippen LogP contribution >= 0.6 is 0 Å². The second-order valence-electron chi connectivity index (χ2n) is 7.79. The number of carbonyl (C=O) groups excluding carboxylic acids is 2. The van der Waals surface area contributed by atoms with Gasteiger partial charge in [-0.3, -0.25) is 9.59 Å². The maximum absolute atomic E-state index is 13.1. The van der Waals surface area contributed by atoms with Crippen LogP contribution in [0.25, 0.3) is 10.9 Å². The van der Waals surface area contributed by atoms with E-state index in [9.17, 15) is 9.59 Å². The predicted molar refractivity (Wildman–Crippen MR) is 102 cm³/mol. The highest BCUT2D eigenvalue weighted by molar-refractivity contribution is 5.90. The highest BCUT2D eigenvalue weighted by Crippen LogP contribution is 2.33. The van der Waals surface area contributed by atoms with Gasteiger partial charge in [0.1, 0.15) is 6.04 Å². The Morgan fingerprint density at radius 2 is 1.96 bits per heavy atom. The van der Waals surface area contributed by atoms with Crippen molar-refractivity contribution < 1.29 is 9.59 Å². The molecule has 1 aromatic carbocycles. The first-order valence-corrected chi connectivity index (χ1v) is 9.68. The van der Waals surface area contributed by atoms with Crippen molar-refractivity contribution in [1.82, 2.24) is 14.8 Å². The molecule has 1 atom stereocenters. The molecule has 1 saturated heterocycles. The third-order valence-electron chi connectivity index (χ3n) is 5.84. The molecule has 1 aliphatic heterocycles. The summed E-state index contributed by atoms with van der Waals surface area (Å²) >= 11 is 0. The number of para-hydroxylation sites is 1. The molecule has 1 aromatic heterocycles. The summed E-state index contributed by atoms with van der Waals surface area (Å²) in [6, 6.07) is 7.92. The summed E-state index contributed by atoms with van der Waals surface area (Å²) in [5, 5.41) is 1.20. The van der Waals surface area contributed by atoms with Crippen molar-refractivity contribution in [3.63, 3.8) is 0 Å². The number of fused-ring (bicyclic) bond motifs is 1. The molecular weight excluding hydrogens is 326 g/mol. The summed E-state index contributed by atoms with van der Waals surface area (Å²) in [6.45, 7) is 3.36. The van der Waals surface area contributed by atoms with Crippen LogP contribution < -0.4 is 0 Å². The second-order valence-corrected chi connectivity index (χ2v) is 7.79. The predicted octanol–water partition coefficient (Wildman–Crippen LogP) is 3.23. The van der Waals surface area contributed by atoms with Crippen LogP contribution in [0.1, 0.15) is 43.4 Å². The molecule has 1 unspecified atom stereocenters. The van der Waals surface area contributed by atoms with Gasteiger partial charge in [0, 0.05) is 36.1 Å². The average Bonchev–Trinajstić information content (AvgIpc) is 3.47. The molecule has 1 aliphatic carbocycles. The van der Waals surface area contributed by atoms with Gasteiger partial charge in [0.25, 0.3) is 0 Å². The summed E-state index contributed by atoms with van der Waals surface area (Å²) < 4.78 is 0. The first-order valence-electron chi connectivity index (χ1n) is 9.68. The number of likely N-dealkylation sites (tertiary alicyclic amines) is 1. The Bertz CT molecular complexity index is 837. The van der Waals surface area contributed by atoms with E-state index in [0.29, 0.717) is 6.54 Å². The van der Waals surface area contributed by atoms with Crippen molar-refractivity contribution in [3.05, 3.63) is 35.5 Å². The van der Waals surface area contributed by atoms with Crippen LogP contribution in [0.4, 0.5) is 0 Å². The van der Waals surface area contributed by atoms with Gasteiger partial charge in [0.05, 0.1) is 6.54 Å². The summed E-state index contributed by atoms with van der Waals surface area (Å²) in [6.07, 6.45) is 4.78. The lowest BCUT2D eigenvalue weighted by Crippen LogP contribution is -2.52. The number of carbonyl (C=O) groups is 2. The molecule has 2 heterocycles. The number of nitrogens with zero attached hydrogens (tertiary/aromatic N) is 2. The number of aromatic amines is 1. The van der Waals surface area contributed by atoms with Crippen LogP contribution in [0, 0.1) is 12.8 Å². The Hall–Kier alpha value is -2.30. The van der Waals surface area contributed by atoms with Gasteiger partial charge in [-0.2, -0.15) is 0 Å². The zero-order valence-corrected chi connectivity index (χ0v) is 15.6. The van der Waals surface area contributed by atoms with Gasteiger partial charge in [-0.05, 0) is 50.7 Å². The molecule has 2 fully saturated rings. The quantitative estimate of drug-likeness (QED) is 0.917. The van der Waals surface area contributed by atoms with Gasteiger partial charge in [-0.25, -0.2) is 0 Å². The van der Waals surface area contributed by atoms with E-state index in [1.54, 1.807) is 4.90 Å². The maximum atomic E-state index is 13.1. The molecule has 0 bridgehead atoms. The first-order chi connectivity index (χ1) is 12.6. The number of H-pyrrole nitrogens is 1. The van der Waals surface area contributed by atoms with Crippen molar-refractivity contribution in [1.29, 1.82) is 0 Å². The smallest absolute Gasteiger partial charge is 0.245 e. The summed E-state index contributed by atoms with van der Waals surface area (Å²) in [4.78, 5) is 32.8. The molecule has 2 aliphatic rings. The van der Waals surface area contributed by atoms with Crippen LogP contribution in [0.3, 0.4) is 0 Å². The zero-order chi connectivity index (χ0) is 18.3. The monoisotopic (exact) mass is 353 g/mol.